The van der Waals surface area contributed by atoms with E-state index in [1.807, 2.05) is 0 Å². The topological polar surface area (TPSA) is 163 Å². The molecular formula is C6H9O9PS3. The van der Waals surface area contributed by atoms with E-state index in [0.717, 1.165) is 24.3 Å². The van der Waals surface area contributed by atoms with Crippen molar-refractivity contribution in [2.24, 2.45) is 0 Å². The average Bonchev–Trinajstić information content (AvgIpc) is 2.12. The second-order valence-electron chi connectivity index (χ2n) is 3.35. The van der Waals surface area contributed by atoms with Crippen LogP contribution in [0.2, 0.25) is 0 Å². The van der Waals surface area contributed by atoms with E-state index in [-0.39, 0.29) is 0 Å². The van der Waals surface area contributed by atoms with E-state index in [9.17, 15) is 25.3 Å². The first-order valence-corrected chi connectivity index (χ1v) is 12.8. The average molecular weight is 352 g/mol. The van der Waals surface area contributed by atoms with E-state index in [0.29, 0.717) is 0 Å². The minimum absolute atomic E-state index is 0.752. The van der Waals surface area contributed by atoms with E-state index in [4.69, 9.17) is 13.7 Å². The van der Waals surface area contributed by atoms with Crippen molar-refractivity contribution in [1.82, 2.24) is 0 Å². The van der Waals surface area contributed by atoms with Crippen LogP contribution in [0, 0.1) is 0 Å². The molecule has 0 spiro atoms. The van der Waals surface area contributed by atoms with Gasteiger partial charge < -0.3 is 0 Å². The Hall–Kier alpha value is -0.620. The van der Waals surface area contributed by atoms with E-state index in [2.05, 4.69) is 0 Å². The molecule has 0 saturated carbocycles. The standard InChI is InChI=1S/C6H9O9PS3/c7-17(8,9)16(18(10,11)12,19(13,14)15)6-4-2-1-3-5-6/h1-5,16H,(H,7,8,9)(H,10,11,12)(H,13,14,15). The number of rotatable bonds is 4. The van der Waals surface area contributed by atoms with Crippen LogP contribution in [-0.4, -0.2) is 38.9 Å². The first kappa shape index (κ1) is 16.4. The quantitative estimate of drug-likeness (QED) is 0.477. The molecule has 0 aromatic heterocycles. The second-order valence-corrected chi connectivity index (χ2v) is 20.4. The number of hydrogen-bond acceptors (Lipinski definition) is 6. The fourth-order valence-corrected chi connectivity index (χ4v) is 17.3. The van der Waals surface area contributed by atoms with Crippen LogP contribution in [0.25, 0.3) is 0 Å². The van der Waals surface area contributed by atoms with Gasteiger partial charge in [-0.15, -0.1) is 0 Å². The fourth-order valence-electron chi connectivity index (χ4n) is 1.49. The van der Waals surface area contributed by atoms with Gasteiger partial charge in [0.2, 0.25) is 0 Å². The molecule has 13 heteroatoms. The summed E-state index contributed by atoms with van der Waals surface area (Å²) in [6, 6.07) is 4.97. The van der Waals surface area contributed by atoms with E-state index in [1.54, 1.807) is 0 Å². The van der Waals surface area contributed by atoms with Crippen molar-refractivity contribution >= 4 is 39.4 Å². The van der Waals surface area contributed by atoms with Gasteiger partial charge in [-0.2, -0.15) is 0 Å². The Balaban J connectivity index is 4.12. The van der Waals surface area contributed by atoms with Gasteiger partial charge in [-0.3, -0.25) is 0 Å². The molecule has 0 amide bonds. The Morgan fingerprint density at radius 1 is 0.684 bits per heavy atom. The van der Waals surface area contributed by atoms with Gasteiger partial charge in [0.1, 0.15) is 0 Å². The van der Waals surface area contributed by atoms with Crippen LogP contribution in [0.5, 0.6) is 0 Å². The molecule has 1 aromatic rings. The van der Waals surface area contributed by atoms with Gasteiger partial charge in [-0.1, -0.05) is 0 Å². The maximum absolute atomic E-state index is 11.3. The molecule has 0 radical (unpaired) electrons. The van der Waals surface area contributed by atoms with Crippen molar-refractivity contribution < 1.29 is 38.9 Å². The van der Waals surface area contributed by atoms with Crippen LogP contribution in [0.1, 0.15) is 0 Å². The number of hydrogen-bond donors (Lipinski definition) is 3. The number of benzene rings is 1. The SMILES string of the molecule is O=S(=O)(O)[PH](c1ccccc1)(S(=O)(=O)O)S(=O)(=O)O. The van der Waals surface area contributed by atoms with Gasteiger partial charge >= 0.3 is 109 Å². The van der Waals surface area contributed by atoms with Gasteiger partial charge in [-0.25, -0.2) is 0 Å². The van der Waals surface area contributed by atoms with Crippen LogP contribution >= 0.6 is 4.87 Å². The van der Waals surface area contributed by atoms with Gasteiger partial charge in [-0.05, 0) is 0 Å². The van der Waals surface area contributed by atoms with Gasteiger partial charge in [0.25, 0.3) is 0 Å². The zero-order valence-electron chi connectivity index (χ0n) is 8.90. The molecule has 0 unspecified atom stereocenters. The van der Waals surface area contributed by atoms with Gasteiger partial charge in [0.05, 0.1) is 0 Å². The Kier molecular flexibility index (Phi) is 4.10. The van der Waals surface area contributed by atoms with Crippen molar-refractivity contribution in [1.29, 1.82) is 0 Å². The second kappa shape index (κ2) is 4.74. The van der Waals surface area contributed by atoms with Crippen molar-refractivity contribution in [2.45, 2.75) is 0 Å². The summed E-state index contributed by atoms with van der Waals surface area (Å²) in [6.07, 6.45) is 0. The molecule has 9 nitrogen and oxygen atoms in total. The summed E-state index contributed by atoms with van der Waals surface area (Å²) in [5, 5.41) is -0.914. The molecular weight excluding hydrogens is 343 g/mol. The van der Waals surface area contributed by atoms with Crippen LogP contribution < -0.4 is 5.30 Å². The summed E-state index contributed by atoms with van der Waals surface area (Å²) >= 11 is 0. The van der Waals surface area contributed by atoms with Gasteiger partial charge in [0, 0.05) is 0 Å². The summed E-state index contributed by atoms with van der Waals surface area (Å²) in [6.45, 7) is 0. The third-order valence-corrected chi connectivity index (χ3v) is 24.8. The third kappa shape index (κ3) is 2.52. The molecule has 3 N–H and O–H groups in total. The maximum atomic E-state index is 11.3. The molecule has 0 heterocycles. The summed E-state index contributed by atoms with van der Waals surface area (Å²) < 4.78 is 94.7. The van der Waals surface area contributed by atoms with Crippen molar-refractivity contribution in [3.63, 3.8) is 0 Å². The predicted octanol–water partition coefficient (Wildman–Crippen LogP) is -0.530. The summed E-state index contributed by atoms with van der Waals surface area (Å²) in [5.74, 6) is 0. The first-order valence-electron chi connectivity index (χ1n) is 4.32. The van der Waals surface area contributed by atoms with Crippen LogP contribution in [0.3, 0.4) is 0 Å². The summed E-state index contributed by atoms with van der Waals surface area (Å²) in [4.78, 5) is -6.19. The van der Waals surface area contributed by atoms with Crippen molar-refractivity contribution in [2.75, 3.05) is 0 Å². The Labute approximate surface area is 109 Å². The fraction of sp³-hybridized carbons (Fsp3) is 0. The summed E-state index contributed by atoms with van der Waals surface area (Å²) in [7, 11) is -17.5. The molecule has 0 saturated heterocycles. The molecule has 0 bridgehead atoms. The molecule has 110 valence electrons. The molecule has 0 atom stereocenters. The molecule has 0 aliphatic carbocycles. The molecule has 0 aliphatic rings. The van der Waals surface area contributed by atoms with Crippen molar-refractivity contribution in [3.05, 3.63) is 30.3 Å². The van der Waals surface area contributed by atoms with Crippen molar-refractivity contribution in [3.8, 4) is 0 Å². The molecule has 1 aromatic carbocycles. The molecule has 19 heavy (non-hydrogen) atoms. The van der Waals surface area contributed by atoms with E-state index in [1.165, 1.54) is 6.07 Å². The van der Waals surface area contributed by atoms with Crippen LogP contribution in [0.4, 0.5) is 0 Å². The molecule has 0 aliphatic heterocycles. The normalized spacial score (nSPS) is 15.1. The zero-order chi connectivity index (χ0) is 15.1. The van der Waals surface area contributed by atoms with E-state index >= 15 is 0 Å². The summed E-state index contributed by atoms with van der Waals surface area (Å²) in [5.41, 5.74) is 0. The minimum atomic E-state index is -6.19. The Bertz CT molecular complexity index is 699. The van der Waals surface area contributed by atoms with Crippen LogP contribution in [-0.2, 0) is 29.2 Å². The molecule has 0 fully saturated rings. The Morgan fingerprint density at radius 3 is 1.26 bits per heavy atom. The zero-order valence-corrected chi connectivity index (χ0v) is 12.4. The van der Waals surface area contributed by atoms with Gasteiger partial charge in [0.15, 0.2) is 0 Å². The van der Waals surface area contributed by atoms with Crippen LogP contribution in [0.15, 0.2) is 30.3 Å². The first-order chi connectivity index (χ1) is 8.36. The van der Waals surface area contributed by atoms with E-state index < -0.39 is 39.4 Å². The predicted molar refractivity (Wildman–Crippen MR) is 69.0 cm³/mol. The third-order valence-electron chi connectivity index (χ3n) is 2.15. The Morgan fingerprint density at radius 2 is 1.00 bits per heavy atom. The monoisotopic (exact) mass is 352 g/mol. The molecule has 1 rings (SSSR count).